The van der Waals surface area contributed by atoms with Crippen LogP contribution in [0, 0.1) is 0 Å². The third-order valence-electron chi connectivity index (χ3n) is 2.48. The fraction of sp³-hybridized carbons (Fsp3) is 0.625. The fourth-order valence-corrected chi connectivity index (χ4v) is 1.35. The molecule has 0 bridgehead atoms. The second kappa shape index (κ2) is 3.20. The van der Waals surface area contributed by atoms with E-state index < -0.39 is 11.2 Å². The van der Waals surface area contributed by atoms with E-state index in [4.69, 9.17) is 5.73 Å². The van der Waals surface area contributed by atoms with Crippen LogP contribution >= 0.6 is 0 Å². The average molecular weight is 211 g/mol. The van der Waals surface area contributed by atoms with Crippen LogP contribution in [0.25, 0.3) is 0 Å². The minimum absolute atomic E-state index is 0.0775. The third kappa shape index (κ3) is 1.65. The largest absolute Gasteiger partial charge is 0.360 e. The maximum Gasteiger partial charge on any atom is 0.346 e. The van der Waals surface area contributed by atoms with Gasteiger partial charge in [0.1, 0.15) is 0 Å². The monoisotopic (exact) mass is 211 g/mol. The summed E-state index contributed by atoms with van der Waals surface area (Å²) < 4.78 is 2.14. The van der Waals surface area contributed by atoms with Gasteiger partial charge in [0.05, 0.1) is 0 Å². The summed E-state index contributed by atoms with van der Waals surface area (Å²) in [5, 5.41) is 6.77. The fourth-order valence-electron chi connectivity index (χ4n) is 1.35. The maximum absolute atomic E-state index is 11.6. The van der Waals surface area contributed by atoms with Crippen LogP contribution in [-0.2, 0) is 14.1 Å². The lowest BCUT2D eigenvalue weighted by Crippen LogP contribution is -2.40. The number of aryl methyl sites for hydroxylation is 1. The van der Waals surface area contributed by atoms with Gasteiger partial charge in [-0.2, -0.15) is 0 Å². The molecule has 2 unspecified atom stereocenters. The predicted molar refractivity (Wildman–Crippen MR) is 54.7 cm³/mol. The van der Waals surface area contributed by atoms with Gasteiger partial charge in [0.15, 0.2) is 0 Å². The van der Waals surface area contributed by atoms with Gasteiger partial charge in [0.25, 0.3) is 5.56 Å². The van der Waals surface area contributed by atoms with Gasteiger partial charge in [-0.05, 0) is 6.42 Å². The Bertz CT molecular complexity index is 503. The Labute approximate surface area is 85.5 Å². The van der Waals surface area contributed by atoms with E-state index in [2.05, 4.69) is 10.4 Å². The van der Waals surface area contributed by atoms with Crippen molar-refractivity contribution < 1.29 is 0 Å². The third-order valence-corrected chi connectivity index (χ3v) is 2.48. The molecule has 2 atom stereocenters. The number of aromatic nitrogens is 3. The van der Waals surface area contributed by atoms with Gasteiger partial charge in [-0.3, -0.25) is 9.36 Å². The van der Waals surface area contributed by atoms with Crippen LogP contribution in [0.2, 0.25) is 0 Å². The first-order valence-electron chi connectivity index (χ1n) is 4.67. The van der Waals surface area contributed by atoms with Crippen molar-refractivity contribution >= 4 is 5.82 Å². The van der Waals surface area contributed by atoms with Crippen LogP contribution in [0.4, 0.5) is 5.82 Å². The molecule has 7 heteroatoms. The molecule has 0 amide bonds. The summed E-state index contributed by atoms with van der Waals surface area (Å²) in [5.41, 5.74) is 4.74. The summed E-state index contributed by atoms with van der Waals surface area (Å²) in [4.78, 5) is 22.9. The molecule has 82 valence electrons. The molecule has 0 radical (unpaired) electrons. The summed E-state index contributed by atoms with van der Waals surface area (Å²) in [6.07, 6.45) is 0.827. The number of rotatable bonds is 2. The highest BCUT2D eigenvalue weighted by Crippen LogP contribution is 2.20. The highest BCUT2D eigenvalue weighted by molar-refractivity contribution is 5.34. The molecule has 1 heterocycles. The van der Waals surface area contributed by atoms with Crippen molar-refractivity contribution in [2.75, 3.05) is 5.32 Å². The molecule has 2 rings (SSSR count). The average Bonchev–Trinajstić information content (AvgIpc) is 2.87. The Morgan fingerprint density at radius 3 is 2.60 bits per heavy atom. The molecule has 0 aromatic carbocycles. The Morgan fingerprint density at radius 1 is 1.47 bits per heavy atom. The molecule has 1 aliphatic rings. The normalized spacial score (nSPS) is 23.9. The van der Waals surface area contributed by atoms with Crippen molar-refractivity contribution in [2.24, 2.45) is 19.8 Å². The van der Waals surface area contributed by atoms with Gasteiger partial charge in [0.2, 0.25) is 5.82 Å². The van der Waals surface area contributed by atoms with Crippen LogP contribution < -0.4 is 22.3 Å². The summed E-state index contributed by atoms with van der Waals surface area (Å²) in [7, 11) is 2.92. The first-order chi connectivity index (χ1) is 7.00. The van der Waals surface area contributed by atoms with Crippen molar-refractivity contribution in [1.82, 2.24) is 14.3 Å². The molecule has 0 aliphatic heterocycles. The minimum atomic E-state index is -0.439. The molecule has 1 fully saturated rings. The quantitative estimate of drug-likeness (QED) is 0.589. The molecular weight excluding hydrogens is 198 g/mol. The van der Waals surface area contributed by atoms with Crippen molar-refractivity contribution in [3.63, 3.8) is 0 Å². The van der Waals surface area contributed by atoms with Crippen molar-refractivity contribution in [2.45, 2.75) is 18.5 Å². The minimum Gasteiger partial charge on any atom is -0.360 e. The molecule has 1 aliphatic carbocycles. The van der Waals surface area contributed by atoms with E-state index in [9.17, 15) is 9.59 Å². The molecule has 0 spiro atoms. The second-order valence-corrected chi connectivity index (χ2v) is 3.77. The molecule has 1 aromatic heterocycles. The zero-order valence-corrected chi connectivity index (χ0v) is 8.60. The SMILES string of the molecule is Cn1nc(NC2CC2N)c(=O)n(C)c1=O. The Morgan fingerprint density at radius 2 is 2.07 bits per heavy atom. The van der Waals surface area contributed by atoms with E-state index in [0.29, 0.717) is 0 Å². The lowest BCUT2D eigenvalue weighted by atomic mass is 10.6. The van der Waals surface area contributed by atoms with Crippen LogP contribution in [0.1, 0.15) is 6.42 Å². The van der Waals surface area contributed by atoms with E-state index in [-0.39, 0.29) is 17.9 Å². The van der Waals surface area contributed by atoms with E-state index in [1.54, 1.807) is 0 Å². The number of nitrogens with zero attached hydrogens (tertiary/aromatic N) is 3. The molecule has 15 heavy (non-hydrogen) atoms. The lowest BCUT2D eigenvalue weighted by molar-refractivity contribution is 0.604. The van der Waals surface area contributed by atoms with Gasteiger partial charge in [0, 0.05) is 26.2 Å². The molecule has 1 saturated carbocycles. The van der Waals surface area contributed by atoms with Crippen LogP contribution in [-0.4, -0.2) is 26.4 Å². The smallest absolute Gasteiger partial charge is 0.346 e. The molecule has 0 saturated heterocycles. The molecule has 3 N–H and O–H groups in total. The Balaban J connectivity index is 2.40. The van der Waals surface area contributed by atoms with Crippen molar-refractivity contribution in [3.8, 4) is 0 Å². The number of anilines is 1. The van der Waals surface area contributed by atoms with Crippen LogP contribution in [0.3, 0.4) is 0 Å². The topological polar surface area (TPSA) is 94.9 Å². The number of nitrogens with one attached hydrogen (secondary N) is 1. The van der Waals surface area contributed by atoms with E-state index in [0.717, 1.165) is 15.7 Å². The summed E-state index contributed by atoms with van der Waals surface area (Å²) in [6.45, 7) is 0. The van der Waals surface area contributed by atoms with Gasteiger partial charge in [-0.15, -0.1) is 5.10 Å². The van der Waals surface area contributed by atoms with Gasteiger partial charge < -0.3 is 11.1 Å². The van der Waals surface area contributed by atoms with Crippen molar-refractivity contribution in [1.29, 1.82) is 0 Å². The number of hydrogen-bond acceptors (Lipinski definition) is 5. The van der Waals surface area contributed by atoms with Gasteiger partial charge in [-0.1, -0.05) is 0 Å². The summed E-state index contributed by atoms with van der Waals surface area (Å²) >= 11 is 0. The predicted octanol–water partition coefficient (Wildman–Crippen LogP) is -2.01. The van der Waals surface area contributed by atoms with Gasteiger partial charge >= 0.3 is 5.69 Å². The highest BCUT2D eigenvalue weighted by Gasteiger charge is 2.34. The maximum atomic E-state index is 11.6. The summed E-state index contributed by atoms with van der Waals surface area (Å²) in [5.74, 6) is 0.178. The molecule has 7 nitrogen and oxygen atoms in total. The number of nitrogens with two attached hydrogens (primary N) is 1. The molecule has 1 aromatic rings. The van der Waals surface area contributed by atoms with E-state index in [1.807, 2.05) is 0 Å². The van der Waals surface area contributed by atoms with Gasteiger partial charge in [-0.25, -0.2) is 9.48 Å². The van der Waals surface area contributed by atoms with E-state index in [1.165, 1.54) is 14.1 Å². The number of hydrogen-bond donors (Lipinski definition) is 2. The second-order valence-electron chi connectivity index (χ2n) is 3.77. The summed E-state index contributed by atoms with van der Waals surface area (Å²) in [6, 6.07) is 0.177. The van der Waals surface area contributed by atoms with Crippen LogP contribution in [0.5, 0.6) is 0 Å². The standard InChI is InChI=1S/C8H13N5O2/c1-12-7(14)6(10-5-3-4(5)9)11-13(2)8(12)15/h4-5H,3,9H2,1-2H3,(H,10,11). The first-order valence-corrected chi connectivity index (χ1v) is 4.67. The van der Waals surface area contributed by atoms with Crippen molar-refractivity contribution in [3.05, 3.63) is 20.8 Å². The Kier molecular flexibility index (Phi) is 2.11. The first kappa shape index (κ1) is 9.91. The Hall–Kier alpha value is -1.63. The zero-order valence-electron chi connectivity index (χ0n) is 8.60. The van der Waals surface area contributed by atoms with Crippen LogP contribution in [0.15, 0.2) is 9.59 Å². The molecular formula is C8H13N5O2. The van der Waals surface area contributed by atoms with E-state index >= 15 is 0 Å². The zero-order chi connectivity index (χ0) is 11.2. The lowest BCUT2D eigenvalue weighted by Gasteiger charge is -2.06. The highest BCUT2D eigenvalue weighted by atomic mass is 16.2.